The van der Waals surface area contributed by atoms with Gasteiger partial charge in [-0.2, -0.15) is 0 Å². The van der Waals surface area contributed by atoms with Crippen LogP contribution in [0.4, 0.5) is 16.5 Å². The van der Waals surface area contributed by atoms with Crippen LogP contribution in [0.5, 0.6) is 0 Å². The number of aromatic nitrogens is 2. The molecule has 0 atom stereocenters. The molecule has 33 heavy (non-hydrogen) atoms. The fraction of sp³-hybridized carbons (Fsp3) is 0.333. The van der Waals surface area contributed by atoms with Crippen molar-refractivity contribution in [2.75, 3.05) is 29.5 Å². The number of carbonyl (C=O) groups excluding carboxylic acids is 2. The average molecular weight is 482 g/mol. The minimum absolute atomic E-state index is 0.0282. The number of rotatable bonds is 7. The summed E-state index contributed by atoms with van der Waals surface area (Å²) in [5, 5.41) is 15.4. The van der Waals surface area contributed by atoms with Crippen LogP contribution < -0.4 is 10.6 Å². The summed E-state index contributed by atoms with van der Waals surface area (Å²) in [6.07, 6.45) is 1.36. The number of amides is 2. The predicted octanol–water partition coefficient (Wildman–Crippen LogP) is 4.87. The first kappa shape index (κ1) is 23.3. The Bertz CT molecular complexity index is 1110. The molecule has 2 N–H and O–H groups in total. The Balaban J connectivity index is 1.22. The van der Waals surface area contributed by atoms with Crippen LogP contribution >= 0.6 is 23.1 Å². The quantitative estimate of drug-likeness (QED) is 0.468. The lowest BCUT2D eigenvalue weighted by Gasteiger charge is -2.31. The maximum absolute atomic E-state index is 12.7. The Morgan fingerprint density at radius 2 is 1.82 bits per heavy atom. The van der Waals surface area contributed by atoms with Gasteiger partial charge in [-0.3, -0.25) is 9.59 Å². The average Bonchev–Trinajstić information content (AvgIpc) is 3.28. The predicted molar refractivity (Wildman–Crippen MR) is 134 cm³/mol. The van der Waals surface area contributed by atoms with Crippen LogP contribution in [0.2, 0.25) is 0 Å². The van der Waals surface area contributed by atoms with Gasteiger partial charge in [0.1, 0.15) is 0 Å². The fourth-order valence-electron chi connectivity index (χ4n) is 3.69. The first-order valence-corrected chi connectivity index (χ1v) is 12.7. The van der Waals surface area contributed by atoms with E-state index in [1.807, 2.05) is 47.4 Å². The van der Waals surface area contributed by atoms with Crippen molar-refractivity contribution in [1.29, 1.82) is 0 Å². The Kier molecular flexibility index (Phi) is 7.61. The second kappa shape index (κ2) is 10.8. The van der Waals surface area contributed by atoms with Gasteiger partial charge in [-0.25, -0.2) is 0 Å². The molecule has 2 amide bonds. The highest BCUT2D eigenvalue weighted by Crippen LogP contribution is 2.30. The summed E-state index contributed by atoms with van der Waals surface area (Å²) >= 11 is 2.85. The van der Waals surface area contributed by atoms with Crippen molar-refractivity contribution in [3.05, 3.63) is 59.7 Å². The third-order valence-corrected chi connectivity index (χ3v) is 7.79. The molecule has 0 spiro atoms. The first-order chi connectivity index (χ1) is 16.0. The lowest BCUT2D eigenvalue weighted by atomic mass is 9.96. The summed E-state index contributed by atoms with van der Waals surface area (Å²) in [4.78, 5) is 27.0. The molecule has 1 aromatic heterocycles. The van der Waals surface area contributed by atoms with Gasteiger partial charge >= 0.3 is 0 Å². The molecule has 0 saturated carbocycles. The maximum Gasteiger partial charge on any atom is 0.233 e. The lowest BCUT2D eigenvalue weighted by Crippen LogP contribution is -2.42. The van der Waals surface area contributed by atoms with E-state index in [0.29, 0.717) is 36.8 Å². The van der Waals surface area contributed by atoms with E-state index in [2.05, 4.69) is 40.7 Å². The fourth-order valence-corrected chi connectivity index (χ4v) is 5.36. The lowest BCUT2D eigenvalue weighted by molar-refractivity contribution is -0.132. The third-order valence-electron chi connectivity index (χ3n) is 5.83. The molecule has 0 unspecified atom stereocenters. The van der Waals surface area contributed by atoms with Crippen molar-refractivity contribution >= 4 is 51.4 Å². The monoisotopic (exact) mass is 481 g/mol. The minimum Gasteiger partial charge on any atom is -0.342 e. The highest BCUT2D eigenvalue weighted by Gasteiger charge is 2.27. The maximum atomic E-state index is 12.7. The number of piperidine rings is 1. The van der Waals surface area contributed by atoms with E-state index < -0.39 is 0 Å². The van der Waals surface area contributed by atoms with Crippen LogP contribution in [0, 0.1) is 19.8 Å². The molecule has 0 bridgehead atoms. The molecule has 1 aliphatic rings. The zero-order valence-electron chi connectivity index (χ0n) is 18.7. The van der Waals surface area contributed by atoms with Gasteiger partial charge in [-0.05, 0) is 56.0 Å². The van der Waals surface area contributed by atoms with Gasteiger partial charge in [-0.15, -0.1) is 10.2 Å². The smallest absolute Gasteiger partial charge is 0.233 e. The Hall–Kier alpha value is -2.91. The molecule has 2 aromatic carbocycles. The summed E-state index contributed by atoms with van der Waals surface area (Å²) < 4.78 is 0.758. The molecule has 0 aliphatic carbocycles. The molecular weight excluding hydrogens is 454 g/mol. The number of benzene rings is 2. The Morgan fingerprint density at radius 3 is 2.58 bits per heavy atom. The molecule has 4 rings (SSSR count). The van der Waals surface area contributed by atoms with Crippen LogP contribution in [-0.2, 0) is 9.59 Å². The highest BCUT2D eigenvalue weighted by atomic mass is 32.2. The summed E-state index contributed by atoms with van der Waals surface area (Å²) in [6.45, 7) is 5.34. The van der Waals surface area contributed by atoms with Gasteiger partial charge in [0.15, 0.2) is 4.34 Å². The van der Waals surface area contributed by atoms with E-state index >= 15 is 0 Å². The number of nitrogens with zero attached hydrogens (tertiary/aromatic N) is 3. The van der Waals surface area contributed by atoms with E-state index in [0.717, 1.165) is 15.7 Å². The molecule has 0 radical (unpaired) electrons. The molecule has 1 saturated heterocycles. The first-order valence-electron chi connectivity index (χ1n) is 10.9. The zero-order chi connectivity index (χ0) is 23.2. The third kappa shape index (κ3) is 6.11. The summed E-state index contributed by atoms with van der Waals surface area (Å²) in [5.74, 6) is 0.351. The molecule has 7 nitrogen and oxygen atoms in total. The van der Waals surface area contributed by atoms with Gasteiger partial charge in [0.05, 0.1) is 5.75 Å². The minimum atomic E-state index is -0.0659. The standard InChI is InChI=1S/C24H27N5O2S2/c1-16-7-6-10-20(17(16)2)26-23-27-28-24(33-23)32-15-21(30)29-13-11-18(12-14-29)22(31)25-19-8-4-3-5-9-19/h3-10,18H,11-15H2,1-2H3,(H,25,31)(H,26,27). The van der Waals surface area contributed by atoms with Gasteiger partial charge in [0.2, 0.25) is 16.9 Å². The highest BCUT2D eigenvalue weighted by molar-refractivity contribution is 8.01. The van der Waals surface area contributed by atoms with Gasteiger partial charge in [-0.1, -0.05) is 53.4 Å². The van der Waals surface area contributed by atoms with E-state index in [9.17, 15) is 9.59 Å². The van der Waals surface area contributed by atoms with Crippen molar-refractivity contribution in [3.8, 4) is 0 Å². The SMILES string of the molecule is Cc1cccc(Nc2nnc(SCC(=O)N3CCC(C(=O)Nc4ccccc4)CC3)s2)c1C. The van der Waals surface area contributed by atoms with Crippen molar-refractivity contribution in [2.24, 2.45) is 5.92 Å². The Morgan fingerprint density at radius 1 is 1.06 bits per heavy atom. The number of anilines is 3. The number of thioether (sulfide) groups is 1. The number of nitrogens with one attached hydrogen (secondary N) is 2. The van der Waals surface area contributed by atoms with Gasteiger partial charge in [0.25, 0.3) is 0 Å². The van der Waals surface area contributed by atoms with E-state index in [1.165, 1.54) is 34.2 Å². The Labute approximate surface area is 202 Å². The van der Waals surface area contributed by atoms with E-state index in [4.69, 9.17) is 0 Å². The molecule has 172 valence electrons. The zero-order valence-corrected chi connectivity index (χ0v) is 20.3. The number of aryl methyl sites for hydroxylation is 1. The van der Waals surface area contributed by atoms with Crippen LogP contribution in [0.3, 0.4) is 0 Å². The second-order valence-corrected chi connectivity index (χ2v) is 10.2. The van der Waals surface area contributed by atoms with Crippen LogP contribution in [-0.4, -0.2) is 45.8 Å². The van der Waals surface area contributed by atoms with Crippen molar-refractivity contribution in [1.82, 2.24) is 15.1 Å². The van der Waals surface area contributed by atoms with Crippen molar-refractivity contribution in [2.45, 2.75) is 31.0 Å². The number of hydrogen-bond acceptors (Lipinski definition) is 7. The second-order valence-electron chi connectivity index (χ2n) is 8.04. The molecular formula is C24H27N5O2S2. The number of hydrogen-bond donors (Lipinski definition) is 2. The van der Waals surface area contributed by atoms with Crippen LogP contribution in [0.25, 0.3) is 0 Å². The van der Waals surface area contributed by atoms with E-state index in [1.54, 1.807) is 0 Å². The van der Waals surface area contributed by atoms with Crippen LogP contribution in [0.15, 0.2) is 52.9 Å². The van der Waals surface area contributed by atoms with Gasteiger partial charge < -0.3 is 15.5 Å². The normalized spacial score (nSPS) is 14.2. The summed E-state index contributed by atoms with van der Waals surface area (Å²) in [5.41, 5.74) is 4.21. The summed E-state index contributed by atoms with van der Waals surface area (Å²) in [7, 11) is 0. The molecule has 1 fully saturated rings. The largest absolute Gasteiger partial charge is 0.342 e. The van der Waals surface area contributed by atoms with Crippen LogP contribution in [0.1, 0.15) is 24.0 Å². The number of para-hydroxylation sites is 1. The number of likely N-dealkylation sites (tertiary alicyclic amines) is 1. The number of carbonyl (C=O) groups is 2. The molecule has 1 aliphatic heterocycles. The summed E-state index contributed by atoms with van der Waals surface area (Å²) in [6, 6.07) is 15.6. The van der Waals surface area contributed by atoms with Crippen molar-refractivity contribution in [3.63, 3.8) is 0 Å². The topological polar surface area (TPSA) is 87.2 Å². The molecule has 9 heteroatoms. The van der Waals surface area contributed by atoms with Crippen molar-refractivity contribution < 1.29 is 9.59 Å². The molecule has 3 aromatic rings. The van der Waals surface area contributed by atoms with Gasteiger partial charge in [0, 0.05) is 30.4 Å². The molecule has 2 heterocycles. The van der Waals surface area contributed by atoms with E-state index in [-0.39, 0.29) is 17.7 Å².